The van der Waals surface area contributed by atoms with Gasteiger partial charge in [-0.1, -0.05) is 12.1 Å². The Kier molecular flexibility index (Phi) is 6.44. The quantitative estimate of drug-likeness (QED) is 0.538. The summed E-state index contributed by atoms with van der Waals surface area (Å²) >= 11 is 0. The van der Waals surface area contributed by atoms with Crippen molar-refractivity contribution in [3.05, 3.63) is 64.2 Å². The molecule has 0 radical (unpaired) electrons. The number of methoxy groups -OCH3 is 1. The Labute approximate surface area is 163 Å². The van der Waals surface area contributed by atoms with Crippen molar-refractivity contribution in [1.82, 2.24) is 4.90 Å². The van der Waals surface area contributed by atoms with Crippen molar-refractivity contribution in [2.24, 2.45) is 0 Å². The topological polar surface area (TPSA) is 85.2 Å². The van der Waals surface area contributed by atoms with E-state index in [4.69, 9.17) is 9.47 Å². The Morgan fingerprint density at radius 1 is 1.04 bits per heavy atom. The van der Waals surface area contributed by atoms with Gasteiger partial charge >= 0.3 is 0 Å². The molecule has 0 aromatic heterocycles. The summed E-state index contributed by atoms with van der Waals surface area (Å²) in [5, 5.41) is 10.7. The van der Waals surface area contributed by atoms with E-state index >= 15 is 0 Å². The molecule has 28 heavy (non-hydrogen) atoms. The Hall–Kier alpha value is -3.13. The normalized spacial score (nSPS) is 14.0. The fraction of sp³-hybridized carbons (Fsp3) is 0.350. The third-order valence-electron chi connectivity index (χ3n) is 4.71. The highest BCUT2D eigenvalue weighted by Gasteiger charge is 2.21. The molecule has 8 nitrogen and oxygen atoms in total. The molecule has 0 bridgehead atoms. The molecule has 2 aromatic rings. The molecule has 0 N–H and O–H groups in total. The number of amides is 1. The highest BCUT2D eigenvalue weighted by Crippen LogP contribution is 2.20. The number of nitro benzene ring substituents is 1. The van der Waals surface area contributed by atoms with Crippen molar-refractivity contribution in [3.63, 3.8) is 0 Å². The van der Waals surface area contributed by atoms with Crippen LogP contribution in [-0.4, -0.2) is 55.6 Å². The fourth-order valence-corrected chi connectivity index (χ4v) is 3.07. The average Bonchev–Trinajstić information content (AvgIpc) is 2.74. The molecule has 0 saturated carbocycles. The predicted molar refractivity (Wildman–Crippen MR) is 105 cm³/mol. The number of carbonyl (C=O) groups is 1. The molecule has 8 heteroatoms. The van der Waals surface area contributed by atoms with E-state index in [1.54, 1.807) is 24.1 Å². The molecular weight excluding hydrogens is 362 g/mol. The molecular formula is C20H23N3O5. The summed E-state index contributed by atoms with van der Waals surface area (Å²) in [6.45, 7) is 2.98. The lowest BCUT2D eigenvalue weighted by Crippen LogP contribution is -2.49. The molecule has 1 heterocycles. The van der Waals surface area contributed by atoms with E-state index in [2.05, 4.69) is 4.90 Å². The van der Waals surface area contributed by atoms with Gasteiger partial charge < -0.3 is 19.3 Å². The number of benzene rings is 2. The molecule has 0 unspecified atom stereocenters. The van der Waals surface area contributed by atoms with Gasteiger partial charge in [-0.15, -0.1) is 0 Å². The highest BCUT2D eigenvalue weighted by molar-refractivity contribution is 5.77. The minimum absolute atomic E-state index is 0.0307. The van der Waals surface area contributed by atoms with E-state index < -0.39 is 4.92 Å². The lowest BCUT2D eigenvalue weighted by molar-refractivity contribution is -0.384. The first-order valence-corrected chi connectivity index (χ1v) is 9.04. The second kappa shape index (κ2) is 9.18. The van der Waals surface area contributed by atoms with Gasteiger partial charge in [-0.05, 0) is 29.8 Å². The molecule has 0 aliphatic carbocycles. The average molecular weight is 385 g/mol. The smallest absolute Gasteiger partial charge is 0.269 e. The third kappa shape index (κ3) is 4.98. The first-order chi connectivity index (χ1) is 13.6. The van der Waals surface area contributed by atoms with Crippen LogP contribution in [0.15, 0.2) is 48.5 Å². The van der Waals surface area contributed by atoms with Crippen LogP contribution >= 0.6 is 0 Å². The number of nitro groups is 1. The first kappa shape index (κ1) is 19.6. The number of nitrogens with zero attached hydrogens (tertiary/aromatic N) is 3. The van der Waals surface area contributed by atoms with Crippen molar-refractivity contribution >= 4 is 17.3 Å². The molecule has 3 rings (SSSR count). The third-order valence-corrected chi connectivity index (χ3v) is 4.71. The van der Waals surface area contributed by atoms with Crippen molar-refractivity contribution in [1.29, 1.82) is 0 Å². The zero-order valence-corrected chi connectivity index (χ0v) is 15.7. The first-order valence-electron chi connectivity index (χ1n) is 9.04. The number of anilines is 1. The number of rotatable bonds is 7. The molecule has 148 valence electrons. The number of hydrogen-bond donors (Lipinski definition) is 0. The maximum atomic E-state index is 12.3. The van der Waals surface area contributed by atoms with E-state index in [-0.39, 0.29) is 18.2 Å². The summed E-state index contributed by atoms with van der Waals surface area (Å²) in [7, 11) is 1.62. The van der Waals surface area contributed by atoms with Gasteiger partial charge in [0.25, 0.3) is 5.69 Å². The van der Waals surface area contributed by atoms with Crippen molar-refractivity contribution in [2.75, 3.05) is 44.8 Å². The van der Waals surface area contributed by atoms with E-state index in [0.717, 1.165) is 17.0 Å². The van der Waals surface area contributed by atoms with Gasteiger partial charge in [0.2, 0.25) is 5.91 Å². The largest absolute Gasteiger partial charge is 0.497 e. The van der Waals surface area contributed by atoms with Gasteiger partial charge in [0.05, 0.1) is 18.6 Å². The van der Waals surface area contributed by atoms with E-state index in [9.17, 15) is 14.9 Å². The summed E-state index contributed by atoms with van der Waals surface area (Å²) in [6, 6.07) is 14.0. The zero-order chi connectivity index (χ0) is 19.9. The Balaban J connectivity index is 1.42. The lowest BCUT2D eigenvalue weighted by Gasteiger charge is -2.36. The van der Waals surface area contributed by atoms with Crippen LogP contribution in [0.2, 0.25) is 0 Å². The summed E-state index contributed by atoms with van der Waals surface area (Å²) in [5.41, 5.74) is 1.98. The van der Waals surface area contributed by atoms with Crippen LogP contribution in [0.5, 0.6) is 5.75 Å². The number of ether oxygens (including phenoxy) is 2. The van der Waals surface area contributed by atoms with Crippen LogP contribution in [0.3, 0.4) is 0 Å². The van der Waals surface area contributed by atoms with Gasteiger partial charge in [0.1, 0.15) is 12.4 Å². The minimum Gasteiger partial charge on any atom is -0.497 e. The van der Waals surface area contributed by atoms with Gasteiger partial charge in [-0.25, -0.2) is 0 Å². The van der Waals surface area contributed by atoms with E-state index in [1.807, 2.05) is 24.3 Å². The fourth-order valence-electron chi connectivity index (χ4n) is 3.07. The molecule has 1 fully saturated rings. The number of piperazine rings is 1. The maximum Gasteiger partial charge on any atom is 0.269 e. The lowest BCUT2D eigenvalue weighted by atomic mass is 10.2. The monoisotopic (exact) mass is 385 g/mol. The molecule has 1 saturated heterocycles. The molecule has 1 amide bonds. The molecule has 0 spiro atoms. The second-order valence-electron chi connectivity index (χ2n) is 6.48. The standard InChI is InChI=1S/C20H23N3O5/c1-27-19-8-2-16(3-9-19)14-28-15-20(24)22-12-10-21(11-13-22)17-4-6-18(7-5-17)23(25)26/h2-9H,10-15H2,1H3. The predicted octanol–water partition coefficient (Wildman–Crippen LogP) is 2.47. The minimum atomic E-state index is -0.410. The number of non-ortho nitro benzene ring substituents is 1. The van der Waals surface area contributed by atoms with Gasteiger partial charge in [0, 0.05) is 44.0 Å². The summed E-state index contributed by atoms with van der Waals surface area (Å²) in [5.74, 6) is 0.752. The zero-order valence-electron chi connectivity index (χ0n) is 15.7. The summed E-state index contributed by atoms with van der Waals surface area (Å²) < 4.78 is 10.7. The van der Waals surface area contributed by atoms with Crippen LogP contribution in [0, 0.1) is 10.1 Å². The molecule has 0 atom stereocenters. The van der Waals surface area contributed by atoms with Crippen LogP contribution < -0.4 is 9.64 Å². The molecule has 2 aromatic carbocycles. The maximum absolute atomic E-state index is 12.3. The summed E-state index contributed by atoms with van der Waals surface area (Å²) in [6.07, 6.45) is 0. The van der Waals surface area contributed by atoms with Gasteiger partial charge in [-0.2, -0.15) is 0 Å². The SMILES string of the molecule is COc1ccc(COCC(=O)N2CCN(c3ccc([N+](=O)[O-])cc3)CC2)cc1. The number of hydrogen-bond acceptors (Lipinski definition) is 6. The van der Waals surface area contributed by atoms with Crippen LogP contribution in [0.1, 0.15) is 5.56 Å². The van der Waals surface area contributed by atoms with Gasteiger partial charge in [-0.3, -0.25) is 14.9 Å². The summed E-state index contributed by atoms with van der Waals surface area (Å²) in [4.78, 5) is 26.6. The van der Waals surface area contributed by atoms with Crippen molar-refractivity contribution in [3.8, 4) is 5.75 Å². The second-order valence-corrected chi connectivity index (χ2v) is 6.48. The highest BCUT2D eigenvalue weighted by atomic mass is 16.6. The Morgan fingerprint density at radius 2 is 1.68 bits per heavy atom. The van der Waals surface area contributed by atoms with E-state index in [0.29, 0.717) is 32.8 Å². The van der Waals surface area contributed by atoms with Crippen LogP contribution in [-0.2, 0) is 16.1 Å². The van der Waals surface area contributed by atoms with Crippen molar-refractivity contribution < 1.29 is 19.2 Å². The van der Waals surface area contributed by atoms with E-state index in [1.165, 1.54) is 12.1 Å². The van der Waals surface area contributed by atoms with Crippen LogP contribution in [0.25, 0.3) is 0 Å². The molecule has 1 aliphatic heterocycles. The van der Waals surface area contributed by atoms with Gasteiger partial charge in [0.15, 0.2) is 0 Å². The van der Waals surface area contributed by atoms with Crippen molar-refractivity contribution in [2.45, 2.75) is 6.61 Å². The Bertz CT molecular complexity index is 800. The molecule has 1 aliphatic rings. The van der Waals surface area contributed by atoms with Crippen LogP contribution in [0.4, 0.5) is 11.4 Å². The number of carbonyl (C=O) groups excluding carboxylic acids is 1. The Morgan fingerprint density at radius 3 is 2.25 bits per heavy atom.